The lowest BCUT2D eigenvalue weighted by Gasteiger charge is -2.32. The highest BCUT2D eigenvalue weighted by atomic mass is 16.5. The first kappa shape index (κ1) is 16.3. The molecule has 0 aliphatic carbocycles. The molecule has 3 rings (SSSR count). The molecule has 2 unspecified atom stereocenters. The number of morpholine rings is 1. The lowest BCUT2D eigenvalue weighted by atomic mass is 10.1. The Morgan fingerprint density at radius 1 is 1.43 bits per heavy atom. The molecule has 0 spiro atoms. The highest BCUT2D eigenvalue weighted by Gasteiger charge is 2.18. The summed E-state index contributed by atoms with van der Waals surface area (Å²) in [6.45, 7) is 6.66. The van der Waals surface area contributed by atoms with Crippen LogP contribution < -0.4 is 5.32 Å². The predicted molar refractivity (Wildman–Crippen MR) is 91.3 cm³/mol. The van der Waals surface area contributed by atoms with Gasteiger partial charge in [-0.05, 0) is 23.9 Å². The van der Waals surface area contributed by atoms with E-state index in [1.807, 2.05) is 24.5 Å². The van der Waals surface area contributed by atoms with Gasteiger partial charge in [0.15, 0.2) is 0 Å². The van der Waals surface area contributed by atoms with Crippen molar-refractivity contribution in [3.63, 3.8) is 0 Å². The molecular formula is C18H25N3O2. The first-order valence-electron chi connectivity index (χ1n) is 8.27. The molecule has 1 aliphatic heterocycles. The number of aromatic nitrogens is 1. The molecular weight excluding hydrogens is 290 g/mol. The molecule has 0 bridgehead atoms. The zero-order chi connectivity index (χ0) is 16.1. The van der Waals surface area contributed by atoms with Crippen LogP contribution in [0.5, 0.6) is 0 Å². The number of rotatable bonds is 6. The number of benzene rings is 1. The van der Waals surface area contributed by atoms with Crippen molar-refractivity contribution in [2.24, 2.45) is 0 Å². The van der Waals surface area contributed by atoms with Gasteiger partial charge in [0.05, 0.1) is 18.8 Å². The Kier molecular flexibility index (Phi) is 5.56. The molecule has 0 saturated carbocycles. The van der Waals surface area contributed by atoms with Gasteiger partial charge in [0.1, 0.15) is 0 Å². The van der Waals surface area contributed by atoms with Crippen LogP contribution in [0.15, 0.2) is 36.7 Å². The van der Waals surface area contributed by atoms with Crippen LogP contribution in [0.2, 0.25) is 0 Å². The third-order valence-corrected chi connectivity index (χ3v) is 4.26. The monoisotopic (exact) mass is 315 g/mol. The number of hydrogen-bond donors (Lipinski definition) is 2. The number of pyridine rings is 1. The summed E-state index contributed by atoms with van der Waals surface area (Å²) in [6, 6.07) is 8.27. The molecule has 2 heterocycles. The van der Waals surface area contributed by atoms with Crippen molar-refractivity contribution in [3.05, 3.63) is 42.2 Å². The third-order valence-electron chi connectivity index (χ3n) is 4.26. The van der Waals surface area contributed by atoms with E-state index in [4.69, 9.17) is 4.74 Å². The first-order chi connectivity index (χ1) is 11.2. The van der Waals surface area contributed by atoms with Crippen molar-refractivity contribution in [2.75, 3.05) is 32.8 Å². The highest BCUT2D eigenvalue weighted by molar-refractivity contribution is 5.84. The summed E-state index contributed by atoms with van der Waals surface area (Å²) in [7, 11) is 0. The van der Waals surface area contributed by atoms with Crippen molar-refractivity contribution in [1.29, 1.82) is 0 Å². The average molecular weight is 315 g/mol. The summed E-state index contributed by atoms with van der Waals surface area (Å²) in [6.07, 6.45) is 3.60. The van der Waals surface area contributed by atoms with Gasteiger partial charge in [0.2, 0.25) is 0 Å². The standard InChI is InChI=1S/C18H25N3O2/c1-14-12-21(7-8-23-14)13-17(22)11-20-10-16-4-2-3-15-9-19-6-5-18(15)16/h2-6,9,14,17,20,22H,7-8,10-13H2,1H3. The molecule has 23 heavy (non-hydrogen) atoms. The fraction of sp³-hybridized carbons (Fsp3) is 0.500. The Labute approximate surface area is 137 Å². The summed E-state index contributed by atoms with van der Waals surface area (Å²) in [5, 5.41) is 16.0. The van der Waals surface area contributed by atoms with E-state index in [1.165, 1.54) is 10.9 Å². The van der Waals surface area contributed by atoms with Gasteiger partial charge < -0.3 is 15.2 Å². The van der Waals surface area contributed by atoms with Crippen LogP contribution in [0.3, 0.4) is 0 Å². The van der Waals surface area contributed by atoms with E-state index in [-0.39, 0.29) is 12.2 Å². The highest BCUT2D eigenvalue weighted by Crippen LogP contribution is 2.17. The molecule has 1 saturated heterocycles. The van der Waals surface area contributed by atoms with E-state index >= 15 is 0 Å². The van der Waals surface area contributed by atoms with Crippen molar-refractivity contribution in [3.8, 4) is 0 Å². The zero-order valence-electron chi connectivity index (χ0n) is 13.6. The number of nitrogens with one attached hydrogen (secondary N) is 1. The van der Waals surface area contributed by atoms with Gasteiger partial charge in [-0.1, -0.05) is 18.2 Å². The van der Waals surface area contributed by atoms with E-state index < -0.39 is 0 Å². The van der Waals surface area contributed by atoms with Crippen LogP contribution in [0.4, 0.5) is 0 Å². The third kappa shape index (κ3) is 4.48. The molecule has 1 aliphatic rings. The van der Waals surface area contributed by atoms with E-state index in [9.17, 15) is 5.11 Å². The number of ether oxygens (including phenoxy) is 1. The minimum Gasteiger partial charge on any atom is -0.390 e. The summed E-state index contributed by atoms with van der Waals surface area (Å²) in [5.41, 5.74) is 1.23. The summed E-state index contributed by atoms with van der Waals surface area (Å²) >= 11 is 0. The number of nitrogens with zero attached hydrogens (tertiary/aromatic N) is 2. The summed E-state index contributed by atoms with van der Waals surface area (Å²) in [4.78, 5) is 6.43. The van der Waals surface area contributed by atoms with Gasteiger partial charge in [-0.3, -0.25) is 9.88 Å². The van der Waals surface area contributed by atoms with Gasteiger partial charge in [0.25, 0.3) is 0 Å². The Balaban J connectivity index is 1.48. The van der Waals surface area contributed by atoms with E-state index in [0.29, 0.717) is 13.1 Å². The fourth-order valence-electron chi connectivity index (χ4n) is 3.14. The maximum absolute atomic E-state index is 10.2. The SMILES string of the molecule is CC1CN(CC(O)CNCc2cccc3cnccc23)CCO1. The van der Waals surface area contributed by atoms with Crippen molar-refractivity contribution in [2.45, 2.75) is 25.7 Å². The first-order valence-corrected chi connectivity index (χ1v) is 8.27. The number of hydrogen-bond acceptors (Lipinski definition) is 5. The van der Waals surface area contributed by atoms with Gasteiger partial charge >= 0.3 is 0 Å². The molecule has 5 nitrogen and oxygen atoms in total. The number of fused-ring (bicyclic) bond motifs is 1. The zero-order valence-corrected chi connectivity index (χ0v) is 13.6. The maximum Gasteiger partial charge on any atom is 0.0791 e. The van der Waals surface area contributed by atoms with Crippen molar-refractivity contribution in [1.82, 2.24) is 15.2 Å². The second-order valence-corrected chi connectivity index (χ2v) is 6.24. The van der Waals surface area contributed by atoms with Crippen LogP contribution in [0.1, 0.15) is 12.5 Å². The van der Waals surface area contributed by atoms with Crippen LogP contribution >= 0.6 is 0 Å². The second-order valence-electron chi connectivity index (χ2n) is 6.24. The molecule has 0 amide bonds. The smallest absolute Gasteiger partial charge is 0.0791 e. The van der Waals surface area contributed by atoms with Crippen LogP contribution in [-0.2, 0) is 11.3 Å². The van der Waals surface area contributed by atoms with Crippen LogP contribution in [0.25, 0.3) is 10.8 Å². The number of aliphatic hydroxyl groups is 1. The molecule has 2 N–H and O–H groups in total. The molecule has 2 aromatic rings. The number of β-amino-alcohol motifs (C(OH)–C–C–N with tert-alkyl or cyclic N) is 1. The van der Waals surface area contributed by atoms with E-state index in [2.05, 4.69) is 34.3 Å². The summed E-state index contributed by atoms with van der Waals surface area (Å²) < 4.78 is 5.53. The topological polar surface area (TPSA) is 57.6 Å². The average Bonchev–Trinajstić information content (AvgIpc) is 2.55. The van der Waals surface area contributed by atoms with Gasteiger partial charge in [-0.15, -0.1) is 0 Å². The minimum absolute atomic E-state index is 0.258. The fourth-order valence-corrected chi connectivity index (χ4v) is 3.14. The van der Waals surface area contributed by atoms with Crippen LogP contribution in [-0.4, -0.2) is 60.0 Å². The molecule has 124 valence electrons. The number of aliphatic hydroxyl groups excluding tert-OH is 1. The molecule has 1 aromatic heterocycles. The lowest BCUT2D eigenvalue weighted by molar-refractivity contribution is -0.0313. The van der Waals surface area contributed by atoms with Crippen molar-refractivity contribution >= 4 is 10.8 Å². The van der Waals surface area contributed by atoms with Crippen molar-refractivity contribution < 1.29 is 9.84 Å². The second kappa shape index (κ2) is 7.84. The molecule has 5 heteroatoms. The van der Waals surface area contributed by atoms with Gasteiger partial charge in [-0.2, -0.15) is 0 Å². The predicted octanol–water partition coefficient (Wildman–Crippen LogP) is 1.41. The van der Waals surface area contributed by atoms with Gasteiger partial charge in [-0.25, -0.2) is 0 Å². The molecule has 1 fully saturated rings. The summed E-state index contributed by atoms with van der Waals surface area (Å²) in [5.74, 6) is 0. The maximum atomic E-state index is 10.2. The van der Waals surface area contributed by atoms with Crippen LogP contribution in [0, 0.1) is 0 Å². The Hall–Kier alpha value is -1.53. The van der Waals surface area contributed by atoms with Gasteiger partial charge in [0, 0.05) is 50.5 Å². The Morgan fingerprint density at radius 2 is 2.35 bits per heavy atom. The molecule has 2 atom stereocenters. The minimum atomic E-state index is -0.364. The Bertz CT molecular complexity index is 629. The van der Waals surface area contributed by atoms with E-state index in [0.717, 1.165) is 31.6 Å². The quantitative estimate of drug-likeness (QED) is 0.844. The largest absolute Gasteiger partial charge is 0.390 e. The molecule has 1 aromatic carbocycles. The molecule has 0 radical (unpaired) electrons. The normalized spacial score (nSPS) is 20.7. The van der Waals surface area contributed by atoms with E-state index in [1.54, 1.807) is 0 Å². The Morgan fingerprint density at radius 3 is 3.22 bits per heavy atom. The lowest BCUT2D eigenvalue weighted by Crippen LogP contribution is -2.46.